The van der Waals surface area contributed by atoms with Gasteiger partial charge in [0.2, 0.25) is 5.16 Å². The molecule has 2 aromatic heterocycles. The number of Topliss-reactive ketones (excluding diaryl/α,β-unsaturated/α-hetero) is 1. The fraction of sp³-hybridized carbons (Fsp3) is 0.429. The average molecular weight is 428 g/mol. The van der Waals surface area contributed by atoms with Crippen molar-refractivity contribution >= 4 is 17.5 Å². The normalized spacial score (nSPS) is 16.2. The van der Waals surface area contributed by atoms with Crippen molar-refractivity contribution in [2.75, 3.05) is 19.5 Å². The number of nitrogens with zero attached hydrogens (tertiary/aromatic N) is 5. The first-order valence-corrected chi connectivity index (χ1v) is 10.9. The minimum atomic E-state index is 0.0619. The van der Waals surface area contributed by atoms with Gasteiger partial charge in [-0.25, -0.2) is 0 Å². The summed E-state index contributed by atoms with van der Waals surface area (Å²) in [6, 6.07) is 9.44. The lowest BCUT2D eigenvalue weighted by atomic mass is 10.2. The highest BCUT2D eigenvalue weighted by Gasteiger charge is 2.22. The summed E-state index contributed by atoms with van der Waals surface area (Å²) in [5.74, 6) is 1.04. The standard InChI is InChI=1S/C21H25N5O3S/c1-14-10-19(15(2)25(14)12-18-8-5-9-29-18)20(27)13-30-21-22-23-24-26(21)16-6-4-7-17(11-16)28-3/h4,6-7,10-11,18H,5,8-9,12-13H2,1-3H3. The van der Waals surface area contributed by atoms with Crippen LogP contribution in [0.25, 0.3) is 5.69 Å². The van der Waals surface area contributed by atoms with Crippen molar-refractivity contribution in [1.82, 2.24) is 24.8 Å². The molecular weight excluding hydrogens is 402 g/mol. The van der Waals surface area contributed by atoms with E-state index < -0.39 is 0 Å². The molecule has 30 heavy (non-hydrogen) atoms. The van der Waals surface area contributed by atoms with Gasteiger partial charge in [-0.1, -0.05) is 17.8 Å². The third-order valence-electron chi connectivity index (χ3n) is 5.36. The summed E-state index contributed by atoms with van der Waals surface area (Å²) < 4.78 is 14.8. The number of ether oxygens (including phenoxy) is 2. The van der Waals surface area contributed by atoms with Crippen LogP contribution in [0.5, 0.6) is 5.75 Å². The van der Waals surface area contributed by atoms with E-state index in [0.29, 0.717) is 10.9 Å². The van der Waals surface area contributed by atoms with Gasteiger partial charge in [-0.2, -0.15) is 4.68 Å². The third kappa shape index (κ3) is 4.27. The number of carbonyl (C=O) groups excluding carboxylic acids is 1. The number of hydrogen-bond donors (Lipinski definition) is 0. The van der Waals surface area contributed by atoms with Crippen LogP contribution < -0.4 is 4.74 Å². The third-order valence-corrected chi connectivity index (χ3v) is 6.27. The second-order valence-electron chi connectivity index (χ2n) is 7.32. The summed E-state index contributed by atoms with van der Waals surface area (Å²) in [6.07, 6.45) is 2.41. The van der Waals surface area contributed by atoms with Gasteiger partial charge in [0, 0.05) is 36.2 Å². The fourth-order valence-electron chi connectivity index (χ4n) is 3.74. The van der Waals surface area contributed by atoms with Crippen LogP contribution in [0.1, 0.15) is 34.6 Å². The number of thioether (sulfide) groups is 1. The fourth-order valence-corrected chi connectivity index (χ4v) is 4.51. The molecule has 0 bridgehead atoms. The molecule has 1 unspecified atom stereocenters. The smallest absolute Gasteiger partial charge is 0.214 e. The van der Waals surface area contributed by atoms with Gasteiger partial charge in [0.1, 0.15) is 5.75 Å². The average Bonchev–Trinajstić information content (AvgIpc) is 3.50. The Morgan fingerprint density at radius 2 is 2.20 bits per heavy atom. The Bertz CT molecular complexity index is 1040. The minimum absolute atomic E-state index is 0.0619. The van der Waals surface area contributed by atoms with Crippen molar-refractivity contribution in [2.45, 2.75) is 44.5 Å². The Hall–Kier alpha value is -2.65. The van der Waals surface area contributed by atoms with Crippen LogP contribution in [0.3, 0.4) is 0 Å². The zero-order valence-corrected chi connectivity index (χ0v) is 18.2. The molecule has 0 N–H and O–H groups in total. The summed E-state index contributed by atoms with van der Waals surface area (Å²) in [4.78, 5) is 12.9. The number of methoxy groups -OCH3 is 1. The number of aryl methyl sites for hydroxylation is 1. The van der Waals surface area contributed by atoms with Gasteiger partial charge in [-0.15, -0.1) is 5.10 Å². The molecule has 3 heterocycles. The van der Waals surface area contributed by atoms with E-state index in [0.717, 1.165) is 48.6 Å². The van der Waals surface area contributed by atoms with Gasteiger partial charge in [0.05, 0.1) is 24.7 Å². The zero-order chi connectivity index (χ0) is 21.1. The number of aromatic nitrogens is 5. The predicted octanol–water partition coefficient (Wildman–Crippen LogP) is 3.24. The van der Waals surface area contributed by atoms with Crippen LogP contribution in [-0.4, -0.2) is 56.1 Å². The van der Waals surface area contributed by atoms with Crippen LogP contribution >= 0.6 is 11.8 Å². The molecule has 158 valence electrons. The molecule has 0 amide bonds. The van der Waals surface area contributed by atoms with Crippen molar-refractivity contribution in [2.24, 2.45) is 0 Å². The number of tetrazole rings is 1. The van der Waals surface area contributed by atoms with Crippen LogP contribution in [0.15, 0.2) is 35.5 Å². The lowest BCUT2D eigenvalue weighted by Gasteiger charge is -2.14. The van der Waals surface area contributed by atoms with Crippen molar-refractivity contribution in [3.63, 3.8) is 0 Å². The van der Waals surface area contributed by atoms with Crippen molar-refractivity contribution in [3.05, 3.63) is 47.3 Å². The van der Waals surface area contributed by atoms with Crippen molar-refractivity contribution < 1.29 is 14.3 Å². The SMILES string of the molecule is COc1cccc(-n2nnnc2SCC(=O)c2cc(C)n(CC3CCCO3)c2C)c1. The lowest BCUT2D eigenvalue weighted by Crippen LogP contribution is -2.17. The van der Waals surface area contributed by atoms with E-state index in [4.69, 9.17) is 9.47 Å². The Morgan fingerprint density at radius 3 is 2.97 bits per heavy atom. The van der Waals surface area contributed by atoms with Crippen molar-refractivity contribution in [1.29, 1.82) is 0 Å². The Labute approximate surface area is 179 Å². The largest absolute Gasteiger partial charge is 0.497 e. The van der Waals surface area contributed by atoms with E-state index in [1.54, 1.807) is 11.8 Å². The van der Waals surface area contributed by atoms with Crippen molar-refractivity contribution in [3.8, 4) is 11.4 Å². The van der Waals surface area contributed by atoms with Crippen LogP contribution in [0.4, 0.5) is 0 Å². The summed E-state index contributed by atoms with van der Waals surface area (Å²) >= 11 is 1.32. The van der Waals surface area contributed by atoms with Gasteiger partial charge in [0.25, 0.3) is 0 Å². The molecule has 9 heteroatoms. The molecule has 1 saturated heterocycles. The topological polar surface area (TPSA) is 84.1 Å². The molecule has 0 spiro atoms. The number of hydrogen-bond acceptors (Lipinski definition) is 7. The zero-order valence-electron chi connectivity index (χ0n) is 17.4. The first-order valence-electron chi connectivity index (χ1n) is 9.94. The molecule has 4 rings (SSSR count). The van der Waals surface area contributed by atoms with Crippen LogP contribution in [0, 0.1) is 13.8 Å². The summed E-state index contributed by atoms with van der Waals surface area (Å²) in [6.45, 7) is 5.66. The second kappa shape index (κ2) is 9.01. The number of carbonyl (C=O) groups is 1. The Kier molecular flexibility index (Phi) is 6.19. The quantitative estimate of drug-likeness (QED) is 0.403. The Morgan fingerprint density at radius 1 is 1.33 bits per heavy atom. The molecule has 0 radical (unpaired) electrons. The summed E-state index contributed by atoms with van der Waals surface area (Å²) in [5, 5.41) is 12.5. The van der Waals surface area contributed by atoms with E-state index in [-0.39, 0.29) is 17.6 Å². The molecule has 3 aromatic rings. The van der Waals surface area contributed by atoms with Gasteiger partial charge < -0.3 is 14.0 Å². The van der Waals surface area contributed by atoms with E-state index in [9.17, 15) is 4.79 Å². The number of benzene rings is 1. The molecule has 1 aromatic carbocycles. The number of ketones is 1. The highest BCUT2D eigenvalue weighted by atomic mass is 32.2. The molecule has 1 fully saturated rings. The van der Waals surface area contributed by atoms with E-state index in [1.165, 1.54) is 11.8 Å². The van der Waals surface area contributed by atoms with Gasteiger partial charge in [-0.05, 0) is 55.3 Å². The molecule has 8 nitrogen and oxygen atoms in total. The van der Waals surface area contributed by atoms with E-state index in [1.807, 2.05) is 44.2 Å². The van der Waals surface area contributed by atoms with E-state index >= 15 is 0 Å². The first kappa shape index (κ1) is 20.6. The predicted molar refractivity (Wildman–Crippen MR) is 114 cm³/mol. The lowest BCUT2D eigenvalue weighted by molar-refractivity contribution is 0.0957. The first-order chi connectivity index (χ1) is 14.6. The van der Waals surface area contributed by atoms with Crippen LogP contribution in [0.2, 0.25) is 0 Å². The Balaban J connectivity index is 1.46. The maximum Gasteiger partial charge on any atom is 0.214 e. The summed E-state index contributed by atoms with van der Waals surface area (Å²) in [5.41, 5.74) is 3.60. The molecule has 0 aliphatic carbocycles. The second-order valence-corrected chi connectivity index (χ2v) is 8.26. The van der Waals surface area contributed by atoms with Gasteiger partial charge >= 0.3 is 0 Å². The molecule has 1 aliphatic heterocycles. The van der Waals surface area contributed by atoms with Gasteiger partial charge in [-0.3, -0.25) is 4.79 Å². The monoisotopic (exact) mass is 427 g/mol. The molecular formula is C21H25N5O3S. The summed E-state index contributed by atoms with van der Waals surface area (Å²) in [7, 11) is 1.61. The van der Waals surface area contributed by atoms with E-state index in [2.05, 4.69) is 20.1 Å². The number of rotatable bonds is 8. The highest BCUT2D eigenvalue weighted by Crippen LogP contribution is 2.25. The molecule has 0 saturated carbocycles. The maximum absolute atomic E-state index is 12.9. The molecule has 1 atom stereocenters. The van der Waals surface area contributed by atoms with Crippen LogP contribution in [-0.2, 0) is 11.3 Å². The highest BCUT2D eigenvalue weighted by molar-refractivity contribution is 7.99. The van der Waals surface area contributed by atoms with Gasteiger partial charge in [0.15, 0.2) is 5.78 Å². The minimum Gasteiger partial charge on any atom is -0.497 e. The maximum atomic E-state index is 12.9. The molecule has 1 aliphatic rings.